The lowest BCUT2D eigenvalue weighted by atomic mass is 10.2. The number of aromatic nitrogens is 2. The zero-order valence-electron chi connectivity index (χ0n) is 12.1. The molecule has 0 bridgehead atoms. The zero-order valence-corrected chi connectivity index (χ0v) is 13.7. The summed E-state index contributed by atoms with van der Waals surface area (Å²) in [5, 5.41) is 8.13. The number of rotatable bonds is 7. The van der Waals surface area contributed by atoms with E-state index < -0.39 is 0 Å². The molecule has 1 aliphatic rings. The predicted octanol–water partition coefficient (Wildman–Crippen LogP) is 3.70. The number of nitrogens with zero attached hydrogens (tertiary/aromatic N) is 2. The average Bonchev–Trinajstić information content (AvgIpc) is 3.05. The molecule has 1 aliphatic carbocycles. The largest absolute Gasteiger partial charge is 0.309 e. The van der Waals surface area contributed by atoms with Gasteiger partial charge < -0.3 is 5.32 Å². The highest BCUT2D eigenvalue weighted by Crippen LogP contribution is 2.25. The van der Waals surface area contributed by atoms with E-state index in [1.54, 1.807) is 11.3 Å². The highest BCUT2D eigenvalue weighted by molar-refractivity contribution is 7.12. The van der Waals surface area contributed by atoms with Crippen LogP contribution >= 0.6 is 22.7 Å². The molecule has 3 nitrogen and oxygen atoms in total. The maximum Gasteiger partial charge on any atom is 0.0999 e. The number of hydrogen-bond acceptors (Lipinski definition) is 5. The third-order valence-corrected chi connectivity index (χ3v) is 5.47. The van der Waals surface area contributed by atoms with E-state index in [9.17, 15) is 0 Å². The second-order valence-electron chi connectivity index (χ2n) is 5.44. The molecule has 2 heterocycles. The highest BCUT2D eigenvalue weighted by atomic mass is 32.1. The van der Waals surface area contributed by atoms with E-state index in [0.29, 0.717) is 0 Å². The summed E-state index contributed by atoms with van der Waals surface area (Å²) in [6, 6.07) is 0.761. The van der Waals surface area contributed by atoms with Crippen molar-refractivity contribution in [2.24, 2.45) is 0 Å². The highest BCUT2D eigenvalue weighted by Gasteiger charge is 2.21. The molecule has 2 aromatic rings. The average molecular weight is 307 g/mol. The van der Waals surface area contributed by atoms with E-state index in [2.05, 4.69) is 29.5 Å². The van der Waals surface area contributed by atoms with Gasteiger partial charge in [-0.25, -0.2) is 9.97 Å². The fraction of sp³-hybridized carbons (Fsp3) is 0.600. The topological polar surface area (TPSA) is 37.8 Å². The third-order valence-electron chi connectivity index (χ3n) is 3.41. The first-order valence-corrected chi connectivity index (χ1v) is 9.06. The predicted molar refractivity (Wildman–Crippen MR) is 85.6 cm³/mol. The summed E-state index contributed by atoms with van der Waals surface area (Å²) in [6.45, 7) is 5.27. The monoisotopic (exact) mass is 307 g/mol. The second kappa shape index (κ2) is 6.33. The van der Waals surface area contributed by atoms with Crippen molar-refractivity contribution in [1.82, 2.24) is 15.3 Å². The van der Waals surface area contributed by atoms with Crippen LogP contribution in [0.2, 0.25) is 0 Å². The van der Waals surface area contributed by atoms with Gasteiger partial charge in [0, 0.05) is 28.5 Å². The zero-order chi connectivity index (χ0) is 13.9. The Balaban J connectivity index is 1.71. The lowest BCUT2D eigenvalue weighted by Crippen LogP contribution is -2.15. The number of hydrogen-bond donors (Lipinski definition) is 1. The molecule has 5 heteroatoms. The minimum Gasteiger partial charge on any atom is -0.309 e. The van der Waals surface area contributed by atoms with Gasteiger partial charge in [0.25, 0.3) is 0 Å². The lowest BCUT2D eigenvalue weighted by Gasteiger charge is -2.01. The maximum absolute atomic E-state index is 4.85. The van der Waals surface area contributed by atoms with Crippen LogP contribution in [-0.4, -0.2) is 16.0 Å². The van der Waals surface area contributed by atoms with Crippen molar-refractivity contribution in [1.29, 1.82) is 0 Å². The Hall–Kier alpha value is -0.780. The molecular formula is C15H21N3S2. The molecular weight excluding hydrogens is 286 g/mol. The van der Waals surface area contributed by atoms with E-state index in [1.165, 1.54) is 33.4 Å². The van der Waals surface area contributed by atoms with Crippen LogP contribution in [0.25, 0.3) is 0 Å². The van der Waals surface area contributed by atoms with E-state index >= 15 is 0 Å². The molecule has 2 aromatic heterocycles. The van der Waals surface area contributed by atoms with Crippen LogP contribution in [0.5, 0.6) is 0 Å². The van der Waals surface area contributed by atoms with Crippen LogP contribution in [0, 0.1) is 6.92 Å². The van der Waals surface area contributed by atoms with E-state index in [4.69, 9.17) is 4.98 Å². The Bertz CT molecular complexity index is 569. The second-order valence-corrected chi connectivity index (χ2v) is 7.55. The molecule has 0 spiro atoms. The summed E-state index contributed by atoms with van der Waals surface area (Å²) in [4.78, 5) is 10.8. The van der Waals surface area contributed by atoms with Gasteiger partial charge in [-0.1, -0.05) is 13.3 Å². The van der Waals surface area contributed by atoms with E-state index in [-0.39, 0.29) is 0 Å². The smallest absolute Gasteiger partial charge is 0.0999 e. The van der Waals surface area contributed by atoms with E-state index in [0.717, 1.165) is 37.5 Å². The molecule has 0 aromatic carbocycles. The quantitative estimate of drug-likeness (QED) is 0.847. The molecule has 3 rings (SSSR count). The van der Waals surface area contributed by atoms with Gasteiger partial charge >= 0.3 is 0 Å². The Labute approximate surface area is 128 Å². The SMILES string of the molecule is CCCc1nc(Cc2nc(C)cs2)sc1CNC1CC1. The molecule has 0 aliphatic heterocycles. The third kappa shape index (κ3) is 3.65. The molecule has 0 amide bonds. The molecule has 0 radical (unpaired) electrons. The van der Waals surface area contributed by atoms with Crippen LogP contribution < -0.4 is 5.32 Å². The first-order valence-electron chi connectivity index (χ1n) is 7.36. The van der Waals surface area contributed by atoms with Gasteiger partial charge in [0.15, 0.2) is 0 Å². The lowest BCUT2D eigenvalue weighted by molar-refractivity contribution is 0.686. The minimum absolute atomic E-state index is 0.761. The van der Waals surface area contributed by atoms with E-state index in [1.807, 2.05) is 11.3 Å². The maximum atomic E-state index is 4.85. The van der Waals surface area contributed by atoms with Gasteiger partial charge in [-0.15, -0.1) is 22.7 Å². The fourth-order valence-corrected chi connectivity index (χ4v) is 4.16. The summed E-state index contributed by atoms with van der Waals surface area (Å²) in [5.41, 5.74) is 2.42. The first kappa shape index (κ1) is 14.2. The van der Waals surface area contributed by atoms with Crippen molar-refractivity contribution >= 4 is 22.7 Å². The Morgan fingerprint density at radius 2 is 2.15 bits per heavy atom. The molecule has 108 valence electrons. The number of aryl methyl sites for hydroxylation is 2. The Morgan fingerprint density at radius 3 is 2.80 bits per heavy atom. The van der Waals surface area contributed by atoms with Gasteiger partial charge in [0.2, 0.25) is 0 Å². The fourth-order valence-electron chi connectivity index (χ4n) is 2.22. The van der Waals surface area contributed by atoms with Gasteiger partial charge in [-0.05, 0) is 26.2 Å². The molecule has 0 saturated heterocycles. The van der Waals surface area contributed by atoms with Crippen LogP contribution in [0.15, 0.2) is 5.38 Å². The Morgan fingerprint density at radius 1 is 1.30 bits per heavy atom. The van der Waals surface area contributed by atoms with Crippen molar-refractivity contribution in [2.75, 3.05) is 0 Å². The van der Waals surface area contributed by atoms with Gasteiger partial charge in [-0.3, -0.25) is 0 Å². The van der Waals surface area contributed by atoms with Crippen molar-refractivity contribution in [3.05, 3.63) is 31.7 Å². The van der Waals surface area contributed by atoms with Crippen molar-refractivity contribution in [3.63, 3.8) is 0 Å². The number of thiazole rings is 2. The summed E-state index contributed by atoms with van der Waals surface area (Å²) >= 11 is 3.61. The molecule has 1 fully saturated rings. The summed E-state index contributed by atoms with van der Waals surface area (Å²) in [7, 11) is 0. The molecule has 1 N–H and O–H groups in total. The minimum atomic E-state index is 0.761. The molecule has 0 unspecified atom stereocenters. The number of nitrogens with one attached hydrogen (secondary N) is 1. The summed E-state index contributed by atoms with van der Waals surface area (Å²) in [6.07, 6.45) is 5.83. The van der Waals surface area contributed by atoms with Gasteiger partial charge in [-0.2, -0.15) is 0 Å². The Kier molecular flexibility index (Phi) is 4.48. The molecule has 1 saturated carbocycles. The van der Waals surface area contributed by atoms with Crippen molar-refractivity contribution < 1.29 is 0 Å². The standard InChI is InChI=1S/C15H21N3S2/c1-3-4-12-13(8-16-11-5-6-11)20-15(18-12)7-14-17-10(2)9-19-14/h9,11,16H,3-8H2,1-2H3. The summed E-state index contributed by atoms with van der Waals surface area (Å²) in [5.74, 6) is 0. The van der Waals surface area contributed by atoms with Gasteiger partial charge in [0.05, 0.1) is 22.1 Å². The molecule has 20 heavy (non-hydrogen) atoms. The van der Waals surface area contributed by atoms with Crippen LogP contribution in [0.3, 0.4) is 0 Å². The normalized spacial score (nSPS) is 14.9. The van der Waals surface area contributed by atoms with Crippen molar-refractivity contribution in [3.8, 4) is 0 Å². The van der Waals surface area contributed by atoms with Crippen molar-refractivity contribution in [2.45, 2.75) is 58.5 Å². The molecule has 0 atom stereocenters. The van der Waals surface area contributed by atoms with Crippen LogP contribution in [0.1, 0.15) is 52.5 Å². The van der Waals surface area contributed by atoms with Gasteiger partial charge in [0.1, 0.15) is 0 Å². The van der Waals surface area contributed by atoms with Crippen LogP contribution in [0.4, 0.5) is 0 Å². The van der Waals surface area contributed by atoms with Crippen LogP contribution in [-0.2, 0) is 19.4 Å². The summed E-state index contributed by atoms with van der Waals surface area (Å²) < 4.78 is 0. The first-order chi connectivity index (χ1) is 9.74.